The Hall–Kier alpha value is -4.43. The van der Waals surface area contributed by atoms with Gasteiger partial charge in [-0.25, -0.2) is 14.7 Å². The van der Waals surface area contributed by atoms with Crippen molar-refractivity contribution in [2.24, 2.45) is 9.98 Å². The summed E-state index contributed by atoms with van der Waals surface area (Å²) < 4.78 is 8.78. The second-order valence-corrected chi connectivity index (χ2v) is 10.1. The van der Waals surface area contributed by atoms with Gasteiger partial charge in [0.15, 0.2) is 22.2 Å². The number of anilines is 2. The molecule has 3 aromatic carbocycles. The highest BCUT2D eigenvalue weighted by Crippen LogP contribution is 2.48. The third kappa shape index (κ3) is 3.68. The number of aliphatic imine (C=N–C) groups is 2. The Bertz CT molecular complexity index is 1730. The van der Waals surface area contributed by atoms with E-state index in [0.29, 0.717) is 16.3 Å². The van der Waals surface area contributed by atoms with Crippen molar-refractivity contribution in [3.8, 4) is 5.69 Å². The molecule has 1 atom stereocenters. The van der Waals surface area contributed by atoms with Crippen LogP contribution in [0.1, 0.15) is 28.6 Å². The molecule has 2 aliphatic rings. The van der Waals surface area contributed by atoms with Gasteiger partial charge in [-0.05, 0) is 78.3 Å². The number of fused-ring (bicyclic) bond motifs is 4. The fourth-order valence-corrected chi connectivity index (χ4v) is 5.38. The average molecular weight is 563 g/mol. The van der Waals surface area contributed by atoms with Crippen LogP contribution in [0, 0.1) is 13.8 Å². The lowest BCUT2D eigenvalue weighted by atomic mass is 9.98. The molecule has 0 fully saturated rings. The summed E-state index contributed by atoms with van der Waals surface area (Å²) in [6.07, 6.45) is 0. The van der Waals surface area contributed by atoms with E-state index in [0.717, 1.165) is 45.6 Å². The number of hydrogen-bond donors (Lipinski definition) is 1. The van der Waals surface area contributed by atoms with Gasteiger partial charge in [0, 0.05) is 5.69 Å². The van der Waals surface area contributed by atoms with Crippen LogP contribution < -0.4 is 10.2 Å². The number of aromatic nitrogens is 2. The zero-order valence-electron chi connectivity index (χ0n) is 20.8. The van der Waals surface area contributed by atoms with Crippen molar-refractivity contribution in [3.63, 3.8) is 0 Å². The molecular formula is C30H23BrN6O. The summed E-state index contributed by atoms with van der Waals surface area (Å²) in [5, 5.41) is 8.48. The highest BCUT2D eigenvalue weighted by Gasteiger charge is 2.42. The van der Waals surface area contributed by atoms with Crippen LogP contribution in [-0.4, -0.2) is 21.5 Å². The Morgan fingerprint density at radius 2 is 1.61 bits per heavy atom. The highest BCUT2D eigenvalue weighted by atomic mass is 79.9. The predicted molar refractivity (Wildman–Crippen MR) is 154 cm³/mol. The Labute approximate surface area is 228 Å². The molecule has 5 aromatic rings. The summed E-state index contributed by atoms with van der Waals surface area (Å²) in [4.78, 5) is 12.5. The lowest BCUT2D eigenvalue weighted by Crippen LogP contribution is -2.46. The zero-order valence-corrected chi connectivity index (χ0v) is 22.3. The first-order chi connectivity index (χ1) is 18.6. The second kappa shape index (κ2) is 8.85. The van der Waals surface area contributed by atoms with E-state index in [4.69, 9.17) is 19.5 Å². The molecule has 0 bridgehead atoms. The molecule has 0 amide bonds. The number of nitrogens with zero attached hydrogens (tertiary/aromatic N) is 5. The molecule has 0 aliphatic carbocycles. The fraction of sp³-hybridized carbons (Fsp3) is 0.100. The third-order valence-electron chi connectivity index (χ3n) is 6.82. The third-order valence-corrected chi connectivity index (χ3v) is 7.24. The molecule has 8 heteroatoms. The monoisotopic (exact) mass is 562 g/mol. The number of aryl methyl sites for hydroxylation is 2. The van der Waals surface area contributed by atoms with Crippen LogP contribution in [0.25, 0.3) is 5.69 Å². The molecule has 0 saturated carbocycles. The van der Waals surface area contributed by atoms with Crippen LogP contribution in [0.4, 0.5) is 22.9 Å². The van der Waals surface area contributed by atoms with E-state index in [-0.39, 0.29) is 6.04 Å². The van der Waals surface area contributed by atoms with Crippen LogP contribution in [0.2, 0.25) is 0 Å². The number of rotatable bonds is 3. The SMILES string of the molecule is Cc1ccc(NC2=Nc3ccccc3N3C2=Nc2c(c(C)nn2-c2ccccc2)[C@@H]3c2ccc(Br)o2)cc1. The van der Waals surface area contributed by atoms with Gasteiger partial charge in [-0.3, -0.25) is 0 Å². The first-order valence-corrected chi connectivity index (χ1v) is 13.2. The summed E-state index contributed by atoms with van der Waals surface area (Å²) in [7, 11) is 0. The van der Waals surface area contributed by atoms with Crippen LogP contribution in [0.15, 0.2) is 110 Å². The van der Waals surface area contributed by atoms with Crippen LogP contribution >= 0.6 is 15.9 Å². The number of hydrogen-bond acceptors (Lipinski definition) is 6. The maximum Gasteiger partial charge on any atom is 0.179 e. The number of para-hydroxylation sites is 3. The summed E-state index contributed by atoms with van der Waals surface area (Å²) in [5.41, 5.74) is 6.76. The molecule has 7 rings (SSSR count). The van der Waals surface area contributed by atoms with E-state index in [1.165, 1.54) is 5.56 Å². The molecule has 0 spiro atoms. The van der Waals surface area contributed by atoms with Crippen LogP contribution in [-0.2, 0) is 0 Å². The van der Waals surface area contributed by atoms with Crippen LogP contribution in [0.5, 0.6) is 0 Å². The van der Waals surface area contributed by atoms with Gasteiger partial charge < -0.3 is 14.6 Å². The Kier molecular flexibility index (Phi) is 5.30. The topological polar surface area (TPSA) is 71.0 Å². The van der Waals surface area contributed by atoms with Gasteiger partial charge in [0.2, 0.25) is 0 Å². The minimum atomic E-state index is -0.298. The standard InChI is InChI=1S/C30H23BrN6O/c1-18-12-14-20(15-13-18)32-28-30-34-29-26(19(2)35-37(29)21-8-4-3-5-9-21)27(24-16-17-25(31)38-24)36(30)23-11-7-6-10-22(23)33-28/h3-17,27H,1-2H3,(H,32,33)/t27-/m0/s1. The summed E-state index contributed by atoms with van der Waals surface area (Å²) in [6.45, 7) is 4.10. The molecular weight excluding hydrogens is 540 g/mol. The molecule has 2 aromatic heterocycles. The van der Waals surface area contributed by atoms with E-state index in [9.17, 15) is 0 Å². The van der Waals surface area contributed by atoms with Gasteiger partial charge in [0.05, 0.1) is 28.3 Å². The number of halogens is 1. The van der Waals surface area contributed by atoms with Crippen molar-refractivity contribution in [1.29, 1.82) is 0 Å². The minimum absolute atomic E-state index is 0.298. The molecule has 7 nitrogen and oxygen atoms in total. The van der Waals surface area contributed by atoms with Crippen molar-refractivity contribution >= 4 is 50.5 Å². The normalized spacial score (nSPS) is 15.8. The van der Waals surface area contributed by atoms with Crippen molar-refractivity contribution in [1.82, 2.24) is 9.78 Å². The van der Waals surface area contributed by atoms with Gasteiger partial charge in [0.25, 0.3) is 0 Å². The zero-order chi connectivity index (χ0) is 25.8. The number of amidine groups is 2. The van der Waals surface area contributed by atoms with E-state index in [1.807, 2.05) is 72.3 Å². The lowest BCUT2D eigenvalue weighted by molar-refractivity contribution is 0.468. The first-order valence-electron chi connectivity index (χ1n) is 12.4. The number of benzene rings is 3. The highest BCUT2D eigenvalue weighted by molar-refractivity contribution is 9.10. The molecule has 0 saturated heterocycles. The van der Waals surface area contributed by atoms with Gasteiger partial charge >= 0.3 is 0 Å². The maximum absolute atomic E-state index is 6.20. The first kappa shape index (κ1) is 22.7. The Balaban J connectivity index is 1.49. The van der Waals surface area contributed by atoms with Gasteiger partial charge in [-0.2, -0.15) is 5.10 Å². The summed E-state index contributed by atoms with van der Waals surface area (Å²) in [5.74, 6) is 2.90. The van der Waals surface area contributed by atoms with Gasteiger partial charge in [-0.1, -0.05) is 48.0 Å². The molecule has 186 valence electrons. The number of nitrogens with one attached hydrogen (secondary N) is 1. The molecule has 4 heterocycles. The molecule has 2 aliphatic heterocycles. The minimum Gasteiger partial charge on any atom is -0.452 e. The Morgan fingerprint density at radius 1 is 0.842 bits per heavy atom. The van der Waals surface area contributed by atoms with E-state index < -0.39 is 0 Å². The quantitative estimate of drug-likeness (QED) is 0.245. The average Bonchev–Trinajstić information content (AvgIpc) is 3.52. The summed E-state index contributed by atoms with van der Waals surface area (Å²) in [6, 6.07) is 30.1. The second-order valence-electron chi connectivity index (χ2n) is 9.36. The smallest absolute Gasteiger partial charge is 0.179 e. The molecule has 38 heavy (non-hydrogen) atoms. The largest absolute Gasteiger partial charge is 0.452 e. The fourth-order valence-electron chi connectivity index (χ4n) is 5.06. The van der Waals surface area contributed by atoms with Crippen molar-refractivity contribution in [2.75, 3.05) is 10.2 Å². The molecule has 0 radical (unpaired) electrons. The van der Waals surface area contributed by atoms with Crippen molar-refractivity contribution < 1.29 is 4.42 Å². The predicted octanol–water partition coefficient (Wildman–Crippen LogP) is 7.64. The maximum atomic E-state index is 6.20. The van der Waals surface area contributed by atoms with Gasteiger partial charge in [-0.15, -0.1) is 0 Å². The van der Waals surface area contributed by atoms with E-state index in [2.05, 4.69) is 63.4 Å². The number of furan rings is 1. The molecule has 1 N–H and O–H groups in total. The van der Waals surface area contributed by atoms with Crippen molar-refractivity contribution in [2.45, 2.75) is 19.9 Å². The van der Waals surface area contributed by atoms with Crippen LogP contribution in [0.3, 0.4) is 0 Å². The lowest BCUT2D eigenvalue weighted by Gasteiger charge is -2.39. The molecule has 0 unspecified atom stereocenters. The van der Waals surface area contributed by atoms with E-state index in [1.54, 1.807) is 0 Å². The summed E-state index contributed by atoms with van der Waals surface area (Å²) >= 11 is 3.51. The Morgan fingerprint density at radius 3 is 2.37 bits per heavy atom. The van der Waals surface area contributed by atoms with Gasteiger partial charge in [0.1, 0.15) is 11.8 Å². The van der Waals surface area contributed by atoms with E-state index >= 15 is 0 Å². The van der Waals surface area contributed by atoms with Crippen molar-refractivity contribution in [3.05, 3.63) is 118 Å².